The zero-order valence-corrected chi connectivity index (χ0v) is 19.2. The summed E-state index contributed by atoms with van der Waals surface area (Å²) >= 11 is 0. The standard InChI is InChI=1S/C27H44N2/c1-3-12-26(13-4-2)14-16-27(17-15-26)18-21-29(23-27)28-19-10-25(11-20-28)22-24-8-6-5-7-9-24/h5-9,25H,3-4,10-23H2,1-2H3. The normalized spacial score (nSPS) is 25.6. The van der Waals surface area contributed by atoms with Crippen molar-refractivity contribution in [2.24, 2.45) is 16.7 Å². The highest BCUT2D eigenvalue weighted by molar-refractivity contribution is 5.15. The third-order valence-corrected chi connectivity index (χ3v) is 8.71. The van der Waals surface area contributed by atoms with Crippen LogP contribution in [0.25, 0.3) is 0 Å². The molecular weight excluding hydrogens is 352 g/mol. The number of piperidine rings is 1. The number of rotatable bonds is 7. The summed E-state index contributed by atoms with van der Waals surface area (Å²) in [6.45, 7) is 10.0. The Kier molecular flexibility index (Phi) is 7.02. The fraction of sp³-hybridized carbons (Fsp3) is 0.778. The predicted molar refractivity (Wildman–Crippen MR) is 124 cm³/mol. The van der Waals surface area contributed by atoms with Crippen LogP contribution < -0.4 is 0 Å². The summed E-state index contributed by atoms with van der Waals surface area (Å²) in [5, 5.41) is 5.50. The monoisotopic (exact) mass is 396 g/mol. The van der Waals surface area contributed by atoms with E-state index < -0.39 is 0 Å². The van der Waals surface area contributed by atoms with Gasteiger partial charge in [0.2, 0.25) is 0 Å². The molecule has 2 heterocycles. The lowest BCUT2D eigenvalue weighted by molar-refractivity contribution is -0.0459. The van der Waals surface area contributed by atoms with Crippen molar-refractivity contribution in [2.75, 3.05) is 26.2 Å². The molecule has 29 heavy (non-hydrogen) atoms. The second-order valence-electron chi connectivity index (χ2n) is 10.7. The van der Waals surface area contributed by atoms with E-state index in [0.717, 1.165) is 5.92 Å². The minimum Gasteiger partial charge on any atom is -0.242 e. The number of nitrogens with zero attached hydrogens (tertiary/aromatic N) is 2. The van der Waals surface area contributed by atoms with Gasteiger partial charge in [-0.05, 0) is 86.5 Å². The lowest BCUT2D eigenvalue weighted by Gasteiger charge is -2.46. The third kappa shape index (κ3) is 5.07. The van der Waals surface area contributed by atoms with E-state index in [4.69, 9.17) is 0 Å². The Morgan fingerprint density at radius 2 is 1.45 bits per heavy atom. The minimum atomic E-state index is 0.645. The van der Waals surface area contributed by atoms with Crippen LogP contribution in [-0.4, -0.2) is 36.2 Å². The van der Waals surface area contributed by atoms with Crippen LogP contribution in [0.4, 0.5) is 0 Å². The smallest absolute Gasteiger partial charge is 0.0190 e. The zero-order valence-electron chi connectivity index (χ0n) is 19.2. The first kappa shape index (κ1) is 21.4. The van der Waals surface area contributed by atoms with Gasteiger partial charge in [0.05, 0.1) is 0 Å². The van der Waals surface area contributed by atoms with E-state index in [0.29, 0.717) is 10.8 Å². The molecule has 162 valence electrons. The van der Waals surface area contributed by atoms with E-state index in [1.807, 2.05) is 0 Å². The molecule has 4 rings (SSSR count). The molecule has 2 saturated heterocycles. The Bertz CT molecular complexity index is 601. The van der Waals surface area contributed by atoms with Gasteiger partial charge in [-0.2, -0.15) is 0 Å². The molecule has 0 bridgehead atoms. The zero-order chi connectivity index (χ0) is 20.2. The van der Waals surface area contributed by atoms with Gasteiger partial charge >= 0.3 is 0 Å². The number of benzene rings is 1. The summed E-state index contributed by atoms with van der Waals surface area (Å²) in [5.41, 5.74) is 2.86. The molecular formula is C27H44N2. The van der Waals surface area contributed by atoms with Crippen molar-refractivity contribution in [1.29, 1.82) is 0 Å². The molecule has 0 unspecified atom stereocenters. The topological polar surface area (TPSA) is 6.48 Å². The highest BCUT2D eigenvalue weighted by Crippen LogP contribution is 2.53. The molecule has 2 heteroatoms. The van der Waals surface area contributed by atoms with Gasteiger partial charge in [0, 0.05) is 26.2 Å². The Morgan fingerprint density at radius 3 is 2.07 bits per heavy atom. The van der Waals surface area contributed by atoms with Crippen LogP contribution in [0.2, 0.25) is 0 Å². The van der Waals surface area contributed by atoms with Crippen LogP contribution >= 0.6 is 0 Å². The summed E-state index contributed by atoms with van der Waals surface area (Å²) in [4.78, 5) is 0. The van der Waals surface area contributed by atoms with Crippen molar-refractivity contribution in [2.45, 2.75) is 90.9 Å². The SMILES string of the molecule is CCCC1(CCC)CCC2(CCN(N3CCC(Cc4ccccc4)CC3)C2)CC1. The van der Waals surface area contributed by atoms with Crippen LogP contribution in [0, 0.1) is 16.7 Å². The molecule has 0 N–H and O–H groups in total. The van der Waals surface area contributed by atoms with Gasteiger partial charge in [0.25, 0.3) is 0 Å². The van der Waals surface area contributed by atoms with Gasteiger partial charge in [0.15, 0.2) is 0 Å². The van der Waals surface area contributed by atoms with E-state index in [9.17, 15) is 0 Å². The quantitative estimate of drug-likeness (QED) is 0.505. The molecule has 2 aliphatic heterocycles. The minimum absolute atomic E-state index is 0.645. The van der Waals surface area contributed by atoms with Crippen molar-refractivity contribution >= 4 is 0 Å². The fourth-order valence-corrected chi connectivity index (χ4v) is 6.91. The summed E-state index contributed by atoms with van der Waals surface area (Å²) in [6.07, 6.45) is 17.1. The van der Waals surface area contributed by atoms with Gasteiger partial charge < -0.3 is 0 Å². The second-order valence-corrected chi connectivity index (χ2v) is 10.7. The molecule has 1 spiro atoms. The maximum Gasteiger partial charge on any atom is 0.0190 e. The van der Waals surface area contributed by atoms with Gasteiger partial charge in [-0.3, -0.25) is 0 Å². The summed E-state index contributed by atoms with van der Waals surface area (Å²) in [7, 11) is 0. The highest BCUT2D eigenvalue weighted by Gasteiger charge is 2.46. The lowest BCUT2D eigenvalue weighted by atomic mass is 9.60. The largest absolute Gasteiger partial charge is 0.242 e. The maximum atomic E-state index is 2.77. The highest BCUT2D eigenvalue weighted by atomic mass is 15.6. The summed E-state index contributed by atoms with van der Waals surface area (Å²) in [6, 6.07) is 11.1. The van der Waals surface area contributed by atoms with Crippen molar-refractivity contribution in [3.63, 3.8) is 0 Å². The van der Waals surface area contributed by atoms with Crippen LogP contribution in [0.3, 0.4) is 0 Å². The average molecular weight is 397 g/mol. The number of hydrogen-bond donors (Lipinski definition) is 0. The maximum absolute atomic E-state index is 2.77. The summed E-state index contributed by atoms with van der Waals surface area (Å²) < 4.78 is 0. The van der Waals surface area contributed by atoms with E-state index >= 15 is 0 Å². The van der Waals surface area contributed by atoms with E-state index in [1.165, 1.54) is 109 Å². The first-order valence-corrected chi connectivity index (χ1v) is 12.7. The van der Waals surface area contributed by atoms with E-state index in [-0.39, 0.29) is 0 Å². The second kappa shape index (κ2) is 9.52. The van der Waals surface area contributed by atoms with Crippen molar-refractivity contribution in [1.82, 2.24) is 10.0 Å². The first-order chi connectivity index (χ1) is 14.2. The number of hydrogen-bond acceptors (Lipinski definition) is 2. The molecule has 0 amide bonds. The molecule has 0 atom stereocenters. The molecule has 3 fully saturated rings. The molecule has 1 saturated carbocycles. The average Bonchev–Trinajstić information content (AvgIpc) is 3.16. The molecule has 3 aliphatic rings. The molecule has 0 aromatic heterocycles. The van der Waals surface area contributed by atoms with Crippen molar-refractivity contribution in [3.8, 4) is 0 Å². The summed E-state index contributed by atoms with van der Waals surface area (Å²) in [5.74, 6) is 0.878. The Morgan fingerprint density at radius 1 is 0.793 bits per heavy atom. The molecule has 1 aromatic rings. The van der Waals surface area contributed by atoms with Crippen LogP contribution in [0.15, 0.2) is 30.3 Å². The Labute approximate surface area is 180 Å². The van der Waals surface area contributed by atoms with Crippen molar-refractivity contribution < 1.29 is 0 Å². The van der Waals surface area contributed by atoms with Gasteiger partial charge in [-0.25, -0.2) is 10.0 Å². The fourth-order valence-electron chi connectivity index (χ4n) is 6.91. The molecule has 1 aliphatic carbocycles. The molecule has 2 nitrogen and oxygen atoms in total. The first-order valence-electron chi connectivity index (χ1n) is 12.7. The molecule has 1 aromatic carbocycles. The van der Waals surface area contributed by atoms with Crippen LogP contribution in [0.5, 0.6) is 0 Å². The van der Waals surface area contributed by atoms with Gasteiger partial charge in [-0.1, -0.05) is 57.0 Å². The van der Waals surface area contributed by atoms with Crippen LogP contribution in [-0.2, 0) is 6.42 Å². The molecule has 0 radical (unpaired) electrons. The van der Waals surface area contributed by atoms with Gasteiger partial charge in [-0.15, -0.1) is 0 Å². The van der Waals surface area contributed by atoms with E-state index in [1.54, 1.807) is 0 Å². The van der Waals surface area contributed by atoms with Crippen molar-refractivity contribution in [3.05, 3.63) is 35.9 Å². The Hall–Kier alpha value is -0.860. The van der Waals surface area contributed by atoms with Crippen LogP contribution in [0.1, 0.15) is 90.0 Å². The Balaban J connectivity index is 1.25. The number of hydrazine groups is 1. The third-order valence-electron chi connectivity index (χ3n) is 8.71. The van der Waals surface area contributed by atoms with E-state index in [2.05, 4.69) is 54.2 Å². The lowest BCUT2D eigenvalue weighted by Crippen LogP contribution is -2.47. The predicted octanol–water partition coefficient (Wildman–Crippen LogP) is 6.71. The van der Waals surface area contributed by atoms with Gasteiger partial charge in [0.1, 0.15) is 0 Å².